The minimum Gasteiger partial charge on any atom is -0.465 e. The highest BCUT2D eigenvalue weighted by Gasteiger charge is 2.41. The number of hydrogen-bond acceptors (Lipinski definition) is 4. The van der Waals surface area contributed by atoms with E-state index in [9.17, 15) is 9.90 Å². The summed E-state index contributed by atoms with van der Waals surface area (Å²) < 4.78 is 2.07. The third-order valence-corrected chi connectivity index (χ3v) is 6.59. The van der Waals surface area contributed by atoms with Gasteiger partial charge in [0.05, 0.1) is 11.4 Å². The minimum atomic E-state index is -0.797. The number of carbonyl (C=O) groups is 1. The normalized spacial score (nSPS) is 21.6. The van der Waals surface area contributed by atoms with Crippen molar-refractivity contribution in [2.24, 2.45) is 0 Å². The van der Waals surface area contributed by atoms with Crippen LogP contribution in [0.3, 0.4) is 0 Å². The van der Waals surface area contributed by atoms with Crippen molar-refractivity contribution in [2.45, 2.75) is 51.2 Å². The summed E-state index contributed by atoms with van der Waals surface area (Å²) in [6, 6.07) is 10.9. The zero-order valence-corrected chi connectivity index (χ0v) is 17.4. The predicted octanol–water partition coefficient (Wildman–Crippen LogP) is 3.85. The van der Waals surface area contributed by atoms with Gasteiger partial charge in [-0.05, 0) is 30.4 Å². The molecule has 3 saturated heterocycles. The number of carboxylic acid groups (broad SMARTS) is 1. The molecule has 0 radical (unpaired) electrons. The Bertz CT molecular complexity index is 1070. The van der Waals surface area contributed by atoms with Crippen molar-refractivity contribution < 1.29 is 9.90 Å². The van der Waals surface area contributed by atoms with Crippen LogP contribution in [0.2, 0.25) is 0 Å². The highest BCUT2D eigenvalue weighted by Crippen LogP contribution is 2.33. The maximum Gasteiger partial charge on any atom is 0.407 e. The number of hydrogen-bond donors (Lipinski definition) is 1. The molecule has 3 aliphatic rings. The minimum absolute atomic E-state index is 0.0820. The lowest BCUT2D eigenvalue weighted by molar-refractivity contribution is -0.0158. The van der Waals surface area contributed by atoms with Crippen LogP contribution >= 0.6 is 0 Å². The van der Waals surface area contributed by atoms with Gasteiger partial charge in [-0.3, -0.25) is 9.30 Å². The third-order valence-electron chi connectivity index (χ3n) is 6.59. The number of amides is 1. The first kappa shape index (κ1) is 19.1. The van der Waals surface area contributed by atoms with Crippen LogP contribution < -0.4 is 0 Å². The van der Waals surface area contributed by atoms with E-state index < -0.39 is 6.09 Å². The fourth-order valence-electron chi connectivity index (χ4n) is 4.88. The van der Waals surface area contributed by atoms with Crippen LogP contribution in [0.25, 0.3) is 17.0 Å². The number of fused-ring (bicyclic) bond motifs is 4. The van der Waals surface area contributed by atoms with Crippen LogP contribution in [0, 0.1) is 0 Å². The molecule has 1 amide bonds. The maximum atomic E-state index is 11.5. The number of piperidine rings is 2. The molecule has 3 fully saturated rings. The molecule has 6 rings (SSSR count). The fraction of sp³-hybridized carbons (Fsp3) is 0.435. The molecule has 0 spiro atoms. The van der Waals surface area contributed by atoms with E-state index in [1.807, 2.05) is 12.3 Å². The molecule has 156 valence electrons. The Morgan fingerprint density at radius 2 is 1.93 bits per heavy atom. The van der Waals surface area contributed by atoms with E-state index in [0.717, 1.165) is 42.9 Å². The average molecular weight is 406 g/mol. The summed E-state index contributed by atoms with van der Waals surface area (Å²) in [5.41, 5.74) is 4.48. The maximum absolute atomic E-state index is 11.5. The lowest BCUT2D eigenvalue weighted by Gasteiger charge is -2.50. The largest absolute Gasteiger partial charge is 0.465 e. The molecule has 2 bridgehead atoms. The second-order valence-corrected chi connectivity index (χ2v) is 8.72. The standard InChI is InChI=1S/C23H27N5O2/c1-15(2)16-4-6-17(7-5-16)21-20(27-11-3-10-24-22(27)25-21)14-26-12-19-9-8-18(26)13-28(19)23(29)30/h3-7,10-11,15,18-19H,8-9,12-14H2,1-2H3,(H,29,30). The molecule has 7 nitrogen and oxygen atoms in total. The van der Waals surface area contributed by atoms with Crippen molar-refractivity contribution in [1.82, 2.24) is 24.2 Å². The van der Waals surface area contributed by atoms with Gasteiger partial charge >= 0.3 is 6.09 Å². The van der Waals surface area contributed by atoms with E-state index in [2.05, 4.69) is 52.4 Å². The molecule has 5 heterocycles. The Balaban J connectivity index is 1.50. The van der Waals surface area contributed by atoms with Crippen molar-refractivity contribution >= 4 is 11.9 Å². The lowest BCUT2D eigenvalue weighted by atomic mass is 9.91. The van der Waals surface area contributed by atoms with Gasteiger partial charge < -0.3 is 10.0 Å². The summed E-state index contributed by atoms with van der Waals surface area (Å²) in [7, 11) is 0. The van der Waals surface area contributed by atoms with Gasteiger partial charge in [0.25, 0.3) is 0 Å². The predicted molar refractivity (Wildman–Crippen MR) is 114 cm³/mol. The van der Waals surface area contributed by atoms with Crippen molar-refractivity contribution in [3.8, 4) is 11.3 Å². The fourth-order valence-corrected chi connectivity index (χ4v) is 4.88. The molecular weight excluding hydrogens is 378 g/mol. The van der Waals surface area contributed by atoms with Gasteiger partial charge in [0.15, 0.2) is 0 Å². The molecule has 0 saturated carbocycles. The van der Waals surface area contributed by atoms with Crippen LogP contribution in [0.1, 0.15) is 43.9 Å². The monoisotopic (exact) mass is 405 g/mol. The van der Waals surface area contributed by atoms with Crippen molar-refractivity contribution in [3.63, 3.8) is 0 Å². The van der Waals surface area contributed by atoms with Gasteiger partial charge in [-0.1, -0.05) is 38.1 Å². The number of rotatable bonds is 4. The summed E-state index contributed by atoms with van der Waals surface area (Å²) >= 11 is 0. The summed E-state index contributed by atoms with van der Waals surface area (Å²) in [5.74, 6) is 1.19. The summed E-state index contributed by atoms with van der Waals surface area (Å²) in [5, 5.41) is 9.48. The average Bonchev–Trinajstić information content (AvgIpc) is 3.12. The topological polar surface area (TPSA) is 74.0 Å². The molecule has 30 heavy (non-hydrogen) atoms. The van der Waals surface area contributed by atoms with Gasteiger partial charge in [-0.15, -0.1) is 0 Å². The zero-order valence-electron chi connectivity index (χ0n) is 17.4. The number of piperazine rings is 1. The van der Waals surface area contributed by atoms with Gasteiger partial charge in [0.2, 0.25) is 5.78 Å². The highest BCUT2D eigenvalue weighted by molar-refractivity contribution is 5.67. The van der Waals surface area contributed by atoms with Crippen LogP contribution in [0.5, 0.6) is 0 Å². The molecule has 2 atom stereocenters. The molecule has 3 aromatic rings. The number of benzene rings is 1. The van der Waals surface area contributed by atoms with Crippen LogP contribution in [0.15, 0.2) is 42.7 Å². The summed E-state index contributed by atoms with van der Waals surface area (Å²) in [6.45, 7) is 6.49. The van der Waals surface area contributed by atoms with E-state index in [-0.39, 0.29) is 12.1 Å². The second kappa shape index (κ2) is 7.40. The molecule has 0 aliphatic carbocycles. The smallest absolute Gasteiger partial charge is 0.407 e. The number of nitrogens with zero attached hydrogens (tertiary/aromatic N) is 5. The Labute approximate surface area is 176 Å². The molecule has 1 N–H and O–H groups in total. The third kappa shape index (κ3) is 3.23. The molecule has 3 aliphatic heterocycles. The van der Waals surface area contributed by atoms with Crippen LogP contribution in [-0.4, -0.2) is 60.5 Å². The quantitative estimate of drug-likeness (QED) is 0.714. The molecule has 7 heteroatoms. The molecule has 1 aromatic carbocycles. The number of aromatic nitrogens is 3. The number of imidazole rings is 1. The van der Waals surface area contributed by atoms with E-state index in [1.165, 1.54) is 5.56 Å². The summed E-state index contributed by atoms with van der Waals surface area (Å²) in [4.78, 5) is 24.9. The highest BCUT2D eigenvalue weighted by atomic mass is 16.4. The van der Waals surface area contributed by atoms with E-state index in [1.54, 1.807) is 11.1 Å². The zero-order chi connectivity index (χ0) is 20.8. The van der Waals surface area contributed by atoms with Gasteiger partial charge in [0, 0.05) is 49.7 Å². The molecule has 2 unspecified atom stereocenters. The van der Waals surface area contributed by atoms with E-state index in [4.69, 9.17) is 4.98 Å². The van der Waals surface area contributed by atoms with Crippen LogP contribution in [-0.2, 0) is 6.54 Å². The first-order valence-electron chi connectivity index (χ1n) is 10.7. The van der Waals surface area contributed by atoms with E-state index >= 15 is 0 Å². The first-order valence-corrected chi connectivity index (χ1v) is 10.7. The van der Waals surface area contributed by atoms with E-state index in [0.29, 0.717) is 18.2 Å². The van der Waals surface area contributed by atoms with Gasteiger partial charge in [-0.2, -0.15) is 0 Å². The Kier molecular flexibility index (Phi) is 4.70. The van der Waals surface area contributed by atoms with Gasteiger partial charge in [0.1, 0.15) is 0 Å². The molecular formula is C23H27N5O2. The Morgan fingerprint density at radius 1 is 1.17 bits per heavy atom. The molecule has 2 aromatic heterocycles. The summed E-state index contributed by atoms with van der Waals surface area (Å²) in [6.07, 6.45) is 4.98. The first-order chi connectivity index (χ1) is 14.5. The van der Waals surface area contributed by atoms with Gasteiger partial charge in [-0.25, -0.2) is 14.8 Å². The second-order valence-electron chi connectivity index (χ2n) is 8.72. The lowest BCUT2D eigenvalue weighted by Crippen LogP contribution is -2.63. The SMILES string of the molecule is CC(C)c1ccc(-c2nc3ncccn3c2CN2CC3CCC2CN3C(=O)O)cc1. The van der Waals surface area contributed by atoms with Crippen molar-refractivity contribution in [1.29, 1.82) is 0 Å². The Morgan fingerprint density at radius 3 is 2.60 bits per heavy atom. The van der Waals surface area contributed by atoms with Crippen molar-refractivity contribution in [2.75, 3.05) is 13.1 Å². The van der Waals surface area contributed by atoms with Crippen molar-refractivity contribution in [3.05, 3.63) is 54.0 Å². The Hall–Kier alpha value is -2.93. The van der Waals surface area contributed by atoms with Crippen LogP contribution in [0.4, 0.5) is 4.79 Å².